The molecule has 7 nitrogen and oxygen atoms in total. The molecule has 28 heavy (non-hydrogen) atoms. The third kappa shape index (κ3) is 4.15. The fourth-order valence-corrected chi connectivity index (χ4v) is 3.80. The van der Waals surface area contributed by atoms with Gasteiger partial charge in [-0.05, 0) is 52.7 Å². The standard InChI is InChI=1S/C20H27ClN4O3/c1-12(22)17-23-15-9-5-8-14(21)16(15)18(26)25(17)13-7-6-10-24(11-13)19(27)28-20(2,3)4/h5,8-9,12-13H,6-7,10-11,22H2,1-4H3/t12-,13?/m0/s1. The SMILES string of the molecule is C[C@H](N)c1nc2cccc(Cl)c2c(=O)n1C1CCCN(C(=O)OC(C)(C)C)C1. The van der Waals surface area contributed by atoms with E-state index < -0.39 is 11.6 Å². The molecular weight excluding hydrogens is 380 g/mol. The maximum absolute atomic E-state index is 13.3. The minimum atomic E-state index is -0.574. The van der Waals surface area contributed by atoms with E-state index >= 15 is 0 Å². The van der Waals surface area contributed by atoms with Crippen LogP contribution in [0.3, 0.4) is 0 Å². The molecule has 1 amide bonds. The number of carbonyl (C=O) groups is 1. The Labute approximate surface area is 169 Å². The summed E-state index contributed by atoms with van der Waals surface area (Å²) >= 11 is 6.29. The van der Waals surface area contributed by atoms with E-state index in [4.69, 9.17) is 22.1 Å². The third-order valence-electron chi connectivity index (χ3n) is 4.73. The van der Waals surface area contributed by atoms with E-state index in [2.05, 4.69) is 4.98 Å². The average Bonchev–Trinajstić information content (AvgIpc) is 2.60. The van der Waals surface area contributed by atoms with Gasteiger partial charge in [0.1, 0.15) is 11.4 Å². The van der Waals surface area contributed by atoms with Gasteiger partial charge in [0, 0.05) is 13.1 Å². The first-order valence-corrected chi connectivity index (χ1v) is 9.90. The lowest BCUT2D eigenvalue weighted by Gasteiger charge is -2.35. The van der Waals surface area contributed by atoms with E-state index in [9.17, 15) is 9.59 Å². The number of aromatic nitrogens is 2. The van der Waals surface area contributed by atoms with Gasteiger partial charge in [0.15, 0.2) is 0 Å². The van der Waals surface area contributed by atoms with Crippen LogP contribution in [0, 0.1) is 0 Å². The second-order valence-corrected chi connectivity index (χ2v) is 8.70. The van der Waals surface area contributed by atoms with E-state index in [0.29, 0.717) is 34.8 Å². The van der Waals surface area contributed by atoms with Crippen molar-refractivity contribution >= 4 is 28.6 Å². The Morgan fingerprint density at radius 2 is 2.11 bits per heavy atom. The molecule has 0 spiro atoms. The second kappa shape index (κ2) is 7.72. The highest BCUT2D eigenvalue weighted by molar-refractivity contribution is 6.35. The van der Waals surface area contributed by atoms with Gasteiger partial charge in [0.25, 0.3) is 5.56 Å². The number of nitrogens with two attached hydrogens (primary N) is 1. The molecule has 8 heteroatoms. The summed E-state index contributed by atoms with van der Waals surface area (Å²) in [5.41, 5.74) is 5.87. The number of halogens is 1. The topological polar surface area (TPSA) is 90.5 Å². The molecule has 0 saturated carbocycles. The lowest BCUT2D eigenvalue weighted by molar-refractivity contribution is 0.0169. The fourth-order valence-electron chi connectivity index (χ4n) is 3.55. The molecule has 0 radical (unpaired) electrons. The monoisotopic (exact) mass is 406 g/mol. The van der Waals surface area contributed by atoms with Gasteiger partial charge in [0.2, 0.25) is 0 Å². The number of hydrogen-bond donors (Lipinski definition) is 1. The summed E-state index contributed by atoms with van der Waals surface area (Å²) in [4.78, 5) is 32.1. The van der Waals surface area contributed by atoms with E-state index in [-0.39, 0.29) is 17.7 Å². The van der Waals surface area contributed by atoms with Crippen molar-refractivity contribution < 1.29 is 9.53 Å². The minimum absolute atomic E-state index is 0.223. The molecule has 0 aliphatic carbocycles. The normalized spacial score (nSPS) is 18.9. The van der Waals surface area contributed by atoms with Gasteiger partial charge in [-0.15, -0.1) is 0 Å². The van der Waals surface area contributed by atoms with Crippen LogP contribution >= 0.6 is 11.6 Å². The van der Waals surface area contributed by atoms with Crippen molar-refractivity contribution in [1.29, 1.82) is 0 Å². The molecule has 1 aliphatic heterocycles. The molecule has 1 aromatic heterocycles. The van der Waals surface area contributed by atoms with Crippen LogP contribution in [0.15, 0.2) is 23.0 Å². The lowest BCUT2D eigenvalue weighted by Crippen LogP contribution is -2.46. The van der Waals surface area contributed by atoms with Crippen LogP contribution in [-0.4, -0.2) is 39.2 Å². The molecule has 2 heterocycles. The van der Waals surface area contributed by atoms with Crippen molar-refractivity contribution in [3.8, 4) is 0 Å². The highest BCUT2D eigenvalue weighted by Gasteiger charge is 2.31. The number of fused-ring (bicyclic) bond motifs is 1. The number of carbonyl (C=O) groups excluding carboxylic acids is 1. The summed E-state index contributed by atoms with van der Waals surface area (Å²) in [6.45, 7) is 8.26. The highest BCUT2D eigenvalue weighted by Crippen LogP contribution is 2.27. The Bertz CT molecular complexity index is 949. The number of nitrogens with zero attached hydrogens (tertiary/aromatic N) is 3. The summed E-state index contributed by atoms with van der Waals surface area (Å²) in [6, 6.07) is 4.52. The Balaban J connectivity index is 2.03. The summed E-state index contributed by atoms with van der Waals surface area (Å²) in [5, 5.41) is 0.739. The molecule has 152 valence electrons. The average molecular weight is 407 g/mol. The van der Waals surface area contributed by atoms with E-state index in [0.717, 1.165) is 12.8 Å². The number of benzene rings is 1. The molecule has 2 aromatic rings. The van der Waals surface area contributed by atoms with Crippen molar-refractivity contribution in [1.82, 2.24) is 14.5 Å². The zero-order valence-electron chi connectivity index (χ0n) is 16.7. The van der Waals surface area contributed by atoms with E-state index in [1.165, 1.54) is 0 Å². The minimum Gasteiger partial charge on any atom is -0.444 e. The Kier molecular flexibility index (Phi) is 5.68. The largest absolute Gasteiger partial charge is 0.444 e. The highest BCUT2D eigenvalue weighted by atomic mass is 35.5. The number of likely N-dealkylation sites (tertiary alicyclic amines) is 1. The predicted molar refractivity (Wildman–Crippen MR) is 110 cm³/mol. The van der Waals surface area contributed by atoms with Crippen LogP contribution in [-0.2, 0) is 4.74 Å². The second-order valence-electron chi connectivity index (χ2n) is 8.29. The van der Waals surface area contributed by atoms with Crippen LogP contribution in [0.25, 0.3) is 10.9 Å². The number of rotatable bonds is 2. The Hall–Kier alpha value is -2.12. The van der Waals surface area contributed by atoms with Crippen LogP contribution in [0.2, 0.25) is 5.02 Å². The number of amides is 1. The van der Waals surface area contributed by atoms with Crippen molar-refractivity contribution in [3.63, 3.8) is 0 Å². The van der Waals surface area contributed by atoms with Crippen LogP contribution < -0.4 is 11.3 Å². The van der Waals surface area contributed by atoms with Crippen LogP contribution in [0.5, 0.6) is 0 Å². The molecule has 1 saturated heterocycles. The van der Waals surface area contributed by atoms with Gasteiger partial charge in [-0.2, -0.15) is 0 Å². The van der Waals surface area contributed by atoms with E-state index in [1.807, 2.05) is 20.8 Å². The maximum Gasteiger partial charge on any atom is 0.410 e. The van der Waals surface area contributed by atoms with Gasteiger partial charge < -0.3 is 15.4 Å². The first-order valence-electron chi connectivity index (χ1n) is 9.52. The molecule has 3 rings (SSSR count). The predicted octanol–water partition coefficient (Wildman–Crippen LogP) is 3.64. The molecular formula is C20H27ClN4O3. The summed E-state index contributed by atoms with van der Waals surface area (Å²) in [7, 11) is 0. The van der Waals surface area contributed by atoms with Crippen molar-refractivity contribution in [2.75, 3.05) is 13.1 Å². The molecule has 0 bridgehead atoms. The van der Waals surface area contributed by atoms with Crippen molar-refractivity contribution in [2.24, 2.45) is 5.73 Å². The maximum atomic E-state index is 13.3. The molecule has 1 unspecified atom stereocenters. The van der Waals surface area contributed by atoms with Crippen LogP contribution in [0.1, 0.15) is 58.4 Å². The fraction of sp³-hybridized carbons (Fsp3) is 0.550. The van der Waals surface area contributed by atoms with Crippen molar-refractivity contribution in [2.45, 2.75) is 58.2 Å². The zero-order chi connectivity index (χ0) is 20.6. The van der Waals surface area contributed by atoms with Gasteiger partial charge in [-0.25, -0.2) is 9.78 Å². The van der Waals surface area contributed by atoms with E-state index in [1.54, 1.807) is 34.6 Å². The smallest absolute Gasteiger partial charge is 0.410 e. The summed E-state index contributed by atoms with van der Waals surface area (Å²) in [5.74, 6) is 0.496. The first kappa shape index (κ1) is 20.6. The molecule has 2 atom stereocenters. The van der Waals surface area contributed by atoms with Gasteiger partial charge in [0.05, 0.1) is 28.0 Å². The van der Waals surface area contributed by atoms with Crippen LogP contribution in [0.4, 0.5) is 4.79 Å². The van der Waals surface area contributed by atoms with Gasteiger partial charge in [-0.1, -0.05) is 17.7 Å². The number of hydrogen-bond acceptors (Lipinski definition) is 5. The molecule has 2 N–H and O–H groups in total. The summed E-state index contributed by atoms with van der Waals surface area (Å²) < 4.78 is 7.12. The Morgan fingerprint density at radius 3 is 2.75 bits per heavy atom. The molecule has 1 fully saturated rings. The molecule has 1 aliphatic rings. The zero-order valence-corrected chi connectivity index (χ0v) is 17.5. The van der Waals surface area contributed by atoms with Gasteiger partial charge >= 0.3 is 6.09 Å². The van der Waals surface area contributed by atoms with Gasteiger partial charge in [-0.3, -0.25) is 9.36 Å². The van der Waals surface area contributed by atoms with Crippen molar-refractivity contribution in [3.05, 3.63) is 39.4 Å². The summed E-state index contributed by atoms with van der Waals surface area (Å²) in [6.07, 6.45) is 1.13. The number of ether oxygens (including phenoxy) is 1. The lowest BCUT2D eigenvalue weighted by atomic mass is 10.0. The number of piperidine rings is 1. The Morgan fingerprint density at radius 1 is 1.39 bits per heavy atom. The third-order valence-corrected chi connectivity index (χ3v) is 5.04. The molecule has 1 aromatic carbocycles. The first-order chi connectivity index (χ1) is 13.1. The quantitative estimate of drug-likeness (QED) is 0.822.